The summed E-state index contributed by atoms with van der Waals surface area (Å²) in [6, 6.07) is 1.47. The third kappa shape index (κ3) is 4.44. The molecule has 19 heavy (non-hydrogen) atoms. The molecule has 0 aromatic carbocycles. The summed E-state index contributed by atoms with van der Waals surface area (Å²) in [6.45, 7) is 13.4. The lowest BCUT2D eigenvalue weighted by Crippen LogP contribution is -2.49. The minimum Gasteiger partial charge on any atom is -0.313 e. The van der Waals surface area contributed by atoms with E-state index in [0.717, 1.165) is 6.04 Å². The molecule has 2 rings (SSSR count). The van der Waals surface area contributed by atoms with Gasteiger partial charge in [0.1, 0.15) is 0 Å². The van der Waals surface area contributed by atoms with Crippen molar-refractivity contribution in [2.45, 2.75) is 58.5 Å². The van der Waals surface area contributed by atoms with Crippen molar-refractivity contribution in [2.75, 3.05) is 39.8 Å². The van der Waals surface area contributed by atoms with Crippen LogP contribution in [0.3, 0.4) is 0 Å². The molecule has 0 aliphatic carbocycles. The highest BCUT2D eigenvalue weighted by Gasteiger charge is 2.31. The number of nitrogens with zero attached hydrogens (tertiary/aromatic N) is 2. The van der Waals surface area contributed by atoms with Crippen LogP contribution in [0.2, 0.25) is 0 Å². The van der Waals surface area contributed by atoms with Crippen molar-refractivity contribution in [1.82, 2.24) is 15.1 Å². The van der Waals surface area contributed by atoms with Gasteiger partial charge in [-0.25, -0.2) is 0 Å². The van der Waals surface area contributed by atoms with Crippen molar-refractivity contribution in [2.24, 2.45) is 5.41 Å². The third-order valence-corrected chi connectivity index (χ3v) is 5.27. The highest BCUT2D eigenvalue weighted by atomic mass is 15.2. The van der Waals surface area contributed by atoms with E-state index in [0.29, 0.717) is 11.5 Å². The first-order valence-corrected chi connectivity index (χ1v) is 8.14. The van der Waals surface area contributed by atoms with E-state index in [9.17, 15) is 0 Å². The standard InChI is InChI=1S/C16H33N3/c1-14(2)19-11-7-16(3,8-12-19)13-17-15-5-9-18(4)10-6-15/h14-15,17H,5-13H2,1-4H3. The molecule has 3 heteroatoms. The Kier molecular flexibility index (Phi) is 5.27. The maximum Gasteiger partial charge on any atom is 0.00916 e. The van der Waals surface area contributed by atoms with Crippen LogP contribution in [0.15, 0.2) is 0 Å². The topological polar surface area (TPSA) is 18.5 Å². The average Bonchev–Trinajstić information content (AvgIpc) is 2.39. The molecule has 0 unspecified atom stereocenters. The van der Waals surface area contributed by atoms with Crippen LogP contribution in [0, 0.1) is 5.41 Å². The fraction of sp³-hybridized carbons (Fsp3) is 1.00. The monoisotopic (exact) mass is 267 g/mol. The Morgan fingerprint density at radius 1 is 1.11 bits per heavy atom. The maximum absolute atomic E-state index is 3.85. The van der Waals surface area contributed by atoms with E-state index < -0.39 is 0 Å². The molecule has 0 saturated carbocycles. The van der Waals surface area contributed by atoms with Crippen LogP contribution >= 0.6 is 0 Å². The zero-order valence-corrected chi connectivity index (χ0v) is 13.4. The van der Waals surface area contributed by atoms with Gasteiger partial charge in [0.15, 0.2) is 0 Å². The van der Waals surface area contributed by atoms with Gasteiger partial charge in [-0.05, 0) is 78.2 Å². The van der Waals surface area contributed by atoms with Gasteiger partial charge in [-0.3, -0.25) is 0 Å². The SMILES string of the molecule is CC(C)N1CCC(C)(CNC2CCN(C)CC2)CC1. The first kappa shape index (κ1) is 15.3. The van der Waals surface area contributed by atoms with Crippen LogP contribution in [-0.4, -0.2) is 61.7 Å². The summed E-state index contributed by atoms with van der Waals surface area (Å²) in [4.78, 5) is 5.07. The van der Waals surface area contributed by atoms with Crippen LogP contribution < -0.4 is 5.32 Å². The van der Waals surface area contributed by atoms with Gasteiger partial charge in [0.2, 0.25) is 0 Å². The van der Waals surface area contributed by atoms with Crippen LogP contribution in [0.5, 0.6) is 0 Å². The Balaban J connectivity index is 1.71. The molecule has 0 bridgehead atoms. The minimum absolute atomic E-state index is 0.523. The van der Waals surface area contributed by atoms with Gasteiger partial charge in [-0.2, -0.15) is 0 Å². The summed E-state index contributed by atoms with van der Waals surface area (Å²) in [5.74, 6) is 0. The van der Waals surface area contributed by atoms with E-state index in [4.69, 9.17) is 0 Å². The summed E-state index contributed by atoms with van der Waals surface area (Å²) in [7, 11) is 2.24. The highest BCUT2D eigenvalue weighted by Crippen LogP contribution is 2.31. The molecular weight excluding hydrogens is 234 g/mol. The maximum atomic E-state index is 3.85. The molecule has 2 fully saturated rings. The van der Waals surface area contributed by atoms with Crippen LogP contribution in [0.25, 0.3) is 0 Å². The lowest BCUT2D eigenvalue weighted by molar-refractivity contribution is 0.0890. The normalized spacial score (nSPS) is 27.0. The van der Waals surface area contributed by atoms with Crippen molar-refractivity contribution >= 4 is 0 Å². The lowest BCUT2D eigenvalue weighted by Gasteiger charge is -2.42. The van der Waals surface area contributed by atoms with Crippen molar-refractivity contribution < 1.29 is 0 Å². The molecule has 0 spiro atoms. The van der Waals surface area contributed by atoms with Crippen LogP contribution in [-0.2, 0) is 0 Å². The molecule has 2 aliphatic heterocycles. The smallest absolute Gasteiger partial charge is 0.00916 e. The van der Waals surface area contributed by atoms with E-state index in [-0.39, 0.29) is 0 Å². The molecule has 2 aliphatic rings. The van der Waals surface area contributed by atoms with Gasteiger partial charge < -0.3 is 15.1 Å². The quantitative estimate of drug-likeness (QED) is 0.842. The highest BCUT2D eigenvalue weighted by molar-refractivity contribution is 4.87. The predicted molar refractivity (Wildman–Crippen MR) is 82.6 cm³/mol. The first-order valence-electron chi connectivity index (χ1n) is 8.14. The molecule has 0 amide bonds. The number of likely N-dealkylation sites (tertiary alicyclic amines) is 2. The number of piperidine rings is 2. The summed E-state index contributed by atoms with van der Waals surface area (Å²) >= 11 is 0. The number of hydrogen-bond donors (Lipinski definition) is 1. The van der Waals surface area contributed by atoms with Gasteiger partial charge in [-0.15, -0.1) is 0 Å². The summed E-state index contributed by atoms with van der Waals surface area (Å²) in [5.41, 5.74) is 0.523. The van der Waals surface area contributed by atoms with Crippen molar-refractivity contribution in [1.29, 1.82) is 0 Å². The molecule has 1 N–H and O–H groups in total. The first-order chi connectivity index (χ1) is 8.98. The fourth-order valence-corrected chi connectivity index (χ4v) is 3.36. The van der Waals surface area contributed by atoms with E-state index in [1.54, 1.807) is 0 Å². The van der Waals surface area contributed by atoms with Crippen LogP contribution in [0.1, 0.15) is 46.5 Å². The molecule has 112 valence electrons. The van der Waals surface area contributed by atoms with Gasteiger partial charge in [0.05, 0.1) is 0 Å². The van der Waals surface area contributed by atoms with Gasteiger partial charge in [-0.1, -0.05) is 6.92 Å². The zero-order chi connectivity index (χ0) is 13.9. The average molecular weight is 267 g/mol. The lowest BCUT2D eigenvalue weighted by atomic mass is 9.79. The van der Waals surface area contributed by atoms with Gasteiger partial charge in [0, 0.05) is 18.6 Å². The Hall–Kier alpha value is -0.120. The predicted octanol–water partition coefficient (Wildman–Crippen LogP) is 2.18. The molecule has 2 heterocycles. The third-order valence-electron chi connectivity index (χ3n) is 5.27. The molecule has 0 radical (unpaired) electrons. The second-order valence-corrected chi connectivity index (χ2v) is 7.40. The van der Waals surface area contributed by atoms with Gasteiger partial charge >= 0.3 is 0 Å². The Morgan fingerprint density at radius 2 is 1.68 bits per heavy atom. The zero-order valence-electron chi connectivity index (χ0n) is 13.4. The van der Waals surface area contributed by atoms with Crippen molar-refractivity contribution in [3.63, 3.8) is 0 Å². The molecule has 3 nitrogen and oxygen atoms in total. The van der Waals surface area contributed by atoms with E-state index in [2.05, 4.69) is 42.9 Å². The van der Waals surface area contributed by atoms with E-state index >= 15 is 0 Å². The summed E-state index contributed by atoms with van der Waals surface area (Å²) in [5, 5.41) is 3.85. The number of rotatable bonds is 4. The van der Waals surface area contributed by atoms with Crippen LogP contribution in [0.4, 0.5) is 0 Å². The minimum atomic E-state index is 0.523. The Morgan fingerprint density at radius 3 is 2.21 bits per heavy atom. The summed E-state index contributed by atoms with van der Waals surface area (Å²) in [6.07, 6.45) is 5.35. The molecule has 2 saturated heterocycles. The number of nitrogens with one attached hydrogen (secondary N) is 1. The Bertz CT molecular complexity index is 261. The Labute approximate surface area is 119 Å². The second kappa shape index (κ2) is 6.55. The summed E-state index contributed by atoms with van der Waals surface area (Å²) < 4.78 is 0. The van der Waals surface area contributed by atoms with E-state index in [1.807, 2.05) is 0 Å². The van der Waals surface area contributed by atoms with Gasteiger partial charge in [0.25, 0.3) is 0 Å². The molecule has 0 aromatic heterocycles. The van der Waals surface area contributed by atoms with Crippen molar-refractivity contribution in [3.8, 4) is 0 Å². The largest absolute Gasteiger partial charge is 0.313 e. The molecule has 0 atom stereocenters. The fourth-order valence-electron chi connectivity index (χ4n) is 3.36. The molecular formula is C16H33N3. The van der Waals surface area contributed by atoms with E-state index in [1.165, 1.54) is 58.4 Å². The second-order valence-electron chi connectivity index (χ2n) is 7.40. The number of hydrogen-bond acceptors (Lipinski definition) is 3. The van der Waals surface area contributed by atoms with Crippen molar-refractivity contribution in [3.05, 3.63) is 0 Å². The molecule has 0 aromatic rings.